The molecule has 2 aliphatic rings. The first-order valence-corrected chi connectivity index (χ1v) is 30.7. The van der Waals surface area contributed by atoms with Crippen molar-refractivity contribution in [3.63, 3.8) is 0 Å². The molecule has 4 nitrogen and oxygen atoms in total. The molecule has 0 atom stereocenters. The van der Waals surface area contributed by atoms with Crippen LogP contribution in [0.3, 0.4) is 0 Å². The molecule has 0 saturated carbocycles. The van der Waals surface area contributed by atoms with Crippen molar-refractivity contribution in [1.82, 2.24) is 9.97 Å². The predicted octanol–water partition coefficient (Wildman–Crippen LogP) is 19.9. The molecule has 0 bridgehead atoms. The first kappa shape index (κ1) is 59.4. The van der Waals surface area contributed by atoms with E-state index in [0.29, 0.717) is 5.82 Å². The minimum atomic E-state index is -0.104. The van der Waals surface area contributed by atoms with Gasteiger partial charge in [0.05, 0.1) is 11.4 Å². The molecule has 7 aromatic carbocycles. The zero-order chi connectivity index (χ0) is 60.7. The second-order valence-corrected chi connectivity index (χ2v) is 32.7. The van der Waals surface area contributed by atoms with Crippen molar-refractivity contribution in [1.29, 1.82) is 0 Å². The highest BCUT2D eigenvalue weighted by atomic mass is 15.2. The van der Waals surface area contributed by atoms with Crippen LogP contribution in [-0.4, -0.2) is 16.7 Å². The van der Waals surface area contributed by atoms with Crippen LogP contribution in [0.25, 0.3) is 33.9 Å². The zero-order valence-electron chi connectivity index (χ0n) is 55.1. The maximum atomic E-state index is 5.87. The molecule has 0 amide bonds. The average Bonchev–Trinajstić information content (AvgIpc) is 1.86. The average molecular weight is 1100 g/mol. The Morgan fingerprint density at radius 1 is 0.277 bits per heavy atom. The SMILES string of the molecule is CC(C)(C)c1cc(-c2cc(-c3cc(C(C)(C)C)cc(C(C)(C)C)c3)nc(-c3cc4c5c(c3)N(c3cc(C(C)(C)C)cc(C(C)(C)C)c3)c3ccccc3B5c3ccccc3N4c3cc(C(C)(C)C)cc(C(C)(C)C)c3)n2)cc(C(C)(C)C)c1. The van der Waals surface area contributed by atoms with E-state index in [0.717, 1.165) is 50.8 Å². The molecule has 8 aromatic rings. The number of fused-ring (bicyclic) bond motifs is 4. The monoisotopic (exact) mass is 1100 g/mol. The molecule has 0 aliphatic carbocycles. The molecule has 0 spiro atoms. The van der Waals surface area contributed by atoms with Crippen molar-refractivity contribution in [3.8, 4) is 33.9 Å². The van der Waals surface area contributed by atoms with E-state index in [9.17, 15) is 0 Å². The van der Waals surface area contributed by atoms with E-state index in [4.69, 9.17) is 9.97 Å². The van der Waals surface area contributed by atoms with Gasteiger partial charge in [-0.1, -0.05) is 227 Å². The molecule has 0 unspecified atom stereocenters. The predicted molar refractivity (Wildman–Crippen MR) is 362 cm³/mol. The molecule has 3 heterocycles. The lowest BCUT2D eigenvalue weighted by molar-refractivity contribution is 0.568. The lowest BCUT2D eigenvalue weighted by Gasteiger charge is -2.45. The fourth-order valence-electron chi connectivity index (χ4n) is 12.0. The number of benzene rings is 7. The molecular formula is C78H95BN4. The van der Waals surface area contributed by atoms with E-state index < -0.39 is 0 Å². The molecule has 0 saturated heterocycles. The highest BCUT2D eigenvalue weighted by molar-refractivity contribution is 7.00. The van der Waals surface area contributed by atoms with Gasteiger partial charge in [-0.15, -0.1) is 0 Å². The van der Waals surface area contributed by atoms with Crippen LogP contribution in [0.5, 0.6) is 0 Å². The molecule has 1 aromatic heterocycles. The number of anilines is 6. The summed E-state index contributed by atoms with van der Waals surface area (Å²) in [6.45, 7) is 56.0. The lowest BCUT2D eigenvalue weighted by atomic mass is 9.33. The Labute approximate surface area is 501 Å². The third kappa shape index (κ3) is 11.5. The minimum Gasteiger partial charge on any atom is -0.311 e. The van der Waals surface area contributed by atoms with Crippen molar-refractivity contribution in [2.45, 2.75) is 209 Å². The van der Waals surface area contributed by atoms with Crippen LogP contribution < -0.4 is 26.2 Å². The topological polar surface area (TPSA) is 32.3 Å². The largest absolute Gasteiger partial charge is 0.311 e. The number of rotatable bonds is 5. The van der Waals surface area contributed by atoms with Gasteiger partial charge >= 0.3 is 0 Å². The summed E-state index contributed by atoms with van der Waals surface area (Å²) in [6, 6.07) is 54.7. The van der Waals surface area contributed by atoms with E-state index in [-0.39, 0.29) is 50.0 Å². The standard InChI is InChI=1S/C78H95BN4/c1-71(2,3)51-33-48(34-52(39-51)72(4,5)6)63-47-64(49-35-53(73(7,8)9)40-54(36-49)74(10,11)12)81-70(80-63)50-37-67-69-68(38-50)83(60-45-57(77(19,20)21)42-58(46-60)78(22,23)24)66-32-28-26-30-62(66)79(69)61-29-25-27-31-65(61)82(67)59-43-55(75(13,14)15)41-56(44-59)76(16,17)18/h25-47H,1-24H3. The third-order valence-corrected chi connectivity index (χ3v) is 17.6. The Hall–Kier alpha value is -6.72. The highest BCUT2D eigenvalue weighted by Crippen LogP contribution is 2.49. The summed E-state index contributed by atoms with van der Waals surface area (Å²) in [7, 11) is 0. The third-order valence-electron chi connectivity index (χ3n) is 17.6. The summed E-state index contributed by atoms with van der Waals surface area (Å²) in [5, 5.41) is 0. The maximum absolute atomic E-state index is 5.87. The van der Waals surface area contributed by atoms with Crippen LogP contribution in [0.15, 0.2) is 140 Å². The maximum Gasteiger partial charge on any atom is 0.252 e. The summed E-state index contributed by atoms with van der Waals surface area (Å²) < 4.78 is 0. The molecule has 0 N–H and O–H groups in total. The van der Waals surface area contributed by atoms with Gasteiger partial charge in [0.15, 0.2) is 5.82 Å². The Bertz CT molecular complexity index is 3460. The Kier molecular flexibility index (Phi) is 14.3. The second-order valence-electron chi connectivity index (χ2n) is 32.7. The van der Waals surface area contributed by atoms with Gasteiger partial charge < -0.3 is 9.80 Å². The summed E-state index contributed by atoms with van der Waals surface area (Å²) in [5.74, 6) is 0.695. The fourth-order valence-corrected chi connectivity index (χ4v) is 12.0. The fraction of sp³-hybridized carbons (Fsp3) is 0.410. The molecule has 10 rings (SSSR count). The second kappa shape index (κ2) is 20.0. The van der Waals surface area contributed by atoms with Crippen LogP contribution >= 0.6 is 0 Å². The Morgan fingerprint density at radius 2 is 0.542 bits per heavy atom. The van der Waals surface area contributed by atoms with Crippen molar-refractivity contribution >= 4 is 57.2 Å². The van der Waals surface area contributed by atoms with Gasteiger partial charge in [0.1, 0.15) is 0 Å². The van der Waals surface area contributed by atoms with E-state index in [1.54, 1.807) is 0 Å². The van der Waals surface area contributed by atoms with Gasteiger partial charge in [-0.2, -0.15) is 0 Å². The van der Waals surface area contributed by atoms with Gasteiger partial charge in [-0.3, -0.25) is 0 Å². The number of para-hydroxylation sites is 2. The summed E-state index contributed by atoms with van der Waals surface area (Å²) in [6.07, 6.45) is 0. The molecular weight excluding hydrogens is 1000 g/mol. The van der Waals surface area contributed by atoms with Crippen molar-refractivity contribution < 1.29 is 0 Å². The van der Waals surface area contributed by atoms with E-state index in [2.05, 4.69) is 315 Å². The molecule has 83 heavy (non-hydrogen) atoms. The first-order valence-electron chi connectivity index (χ1n) is 30.7. The number of hydrogen-bond donors (Lipinski definition) is 0. The summed E-state index contributed by atoms with van der Waals surface area (Å²) >= 11 is 0. The van der Waals surface area contributed by atoms with Gasteiger partial charge in [0.25, 0.3) is 6.71 Å². The molecule has 2 aliphatic heterocycles. The van der Waals surface area contributed by atoms with E-state index >= 15 is 0 Å². The number of aromatic nitrogens is 2. The van der Waals surface area contributed by atoms with Crippen molar-refractivity contribution in [2.75, 3.05) is 9.80 Å². The number of hydrogen-bond acceptors (Lipinski definition) is 4. The number of nitrogens with zero attached hydrogens (tertiary/aromatic N) is 4. The van der Waals surface area contributed by atoms with Crippen LogP contribution in [0.2, 0.25) is 0 Å². The Morgan fingerprint density at radius 3 is 0.819 bits per heavy atom. The van der Waals surface area contributed by atoms with Crippen LogP contribution in [0.1, 0.15) is 211 Å². The molecule has 430 valence electrons. The van der Waals surface area contributed by atoms with E-state index in [1.807, 2.05) is 0 Å². The minimum absolute atomic E-state index is 0.0514. The van der Waals surface area contributed by atoms with Gasteiger partial charge in [-0.25, -0.2) is 9.97 Å². The summed E-state index contributed by atoms with van der Waals surface area (Å²) in [5.41, 5.74) is 25.4. The molecule has 5 heteroatoms. The summed E-state index contributed by atoms with van der Waals surface area (Å²) in [4.78, 5) is 16.9. The van der Waals surface area contributed by atoms with Gasteiger partial charge in [-0.05, 0) is 183 Å². The van der Waals surface area contributed by atoms with Gasteiger partial charge in [0.2, 0.25) is 0 Å². The van der Waals surface area contributed by atoms with Crippen LogP contribution in [-0.2, 0) is 43.3 Å². The van der Waals surface area contributed by atoms with Crippen molar-refractivity contribution in [2.24, 2.45) is 0 Å². The quantitative estimate of drug-likeness (QED) is 0.161. The first-order chi connectivity index (χ1) is 38.2. The van der Waals surface area contributed by atoms with Gasteiger partial charge in [0, 0.05) is 50.8 Å². The Balaban J connectivity index is 1.39. The smallest absolute Gasteiger partial charge is 0.252 e. The lowest BCUT2D eigenvalue weighted by Crippen LogP contribution is -2.61. The normalized spacial score (nSPS) is 14.2. The highest BCUT2D eigenvalue weighted by Gasteiger charge is 2.44. The molecule has 0 fully saturated rings. The van der Waals surface area contributed by atoms with Crippen LogP contribution in [0.4, 0.5) is 34.1 Å². The van der Waals surface area contributed by atoms with Crippen molar-refractivity contribution in [3.05, 3.63) is 184 Å². The molecule has 0 radical (unpaired) electrons. The zero-order valence-corrected chi connectivity index (χ0v) is 55.1. The van der Waals surface area contributed by atoms with Crippen LogP contribution in [0, 0.1) is 0 Å². The van der Waals surface area contributed by atoms with E-state index in [1.165, 1.54) is 72.3 Å².